The number of benzene rings is 1. The van der Waals surface area contributed by atoms with E-state index in [1.54, 1.807) is 12.1 Å². The van der Waals surface area contributed by atoms with Crippen LogP contribution in [-0.2, 0) is 6.42 Å². The molecule has 0 radical (unpaired) electrons. The SMILES string of the molecule is CCCC1CCCC(N)(Cc2cccc(F)c2)CC1. The summed E-state index contributed by atoms with van der Waals surface area (Å²) in [6.45, 7) is 2.26. The van der Waals surface area contributed by atoms with Crippen LogP contribution in [0.1, 0.15) is 57.4 Å². The van der Waals surface area contributed by atoms with E-state index in [-0.39, 0.29) is 11.4 Å². The molecule has 0 amide bonds. The van der Waals surface area contributed by atoms with Crippen LogP contribution in [0, 0.1) is 11.7 Å². The second-order valence-electron chi connectivity index (χ2n) is 6.25. The highest BCUT2D eigenvalue weighted by Crippen LogP contribution is 2.33. The van der Waals surface area contributed by atoms with Crippen molar-refractivity contribution >= 4 is 0 Å². The van der Waals surface area contributed by atoms with Crippen LogP contribution in [0.5, 0.6) is 0 Å². The van der Waals surface area contributed by atoms with Gasteiger partial charge in [0, 0.05) is 5.54 Å². The fourth-order valence-corrected chi connectivity index (χ4v) is 3.43. The lowest BCUT2D eigenvalue weighted by atomic mass is 9.84. The van der Waals surface area contributed by atoms with Gasteiger partial charge in [0.1, 0.15) is 5.82 Å². The van der Waals surface area contributed by atoms with Gasteiger partial charge in [-0.2, -0.15) is 0 Å². The Morgan fingerprint density at radius 3 is 2.89 bits per heavy atom. The minimum absolute atomic E-state index is 0.129. The van der Waals surface area contributed by atoms with E-state index >= 15 is 0 Å². The van der Waals surface area contributed by atoms with Gasteiger partial charge in [-0.05, 0) is 49.3 Å². The zero-order valence-corrected chi connectivity index (χ0v) is 12.0. The molecule has 0 spiro atoms. The highest BCUT2D eigenvalue weighted by atomic mass is 19.1. The zero-order valence-electron chi connectivity index (χ0n) is 12.0. The summed E-state index contributed by atoms with van der Waals surface area (Å²) in [7, 11) is 0. The smallest absolute Gasteiger partial charge is 0.123 e. The first-order valence-corrected chi connectivity index (χ1v) is 7.65. The van der Waals surface area contributed by atoms with E-state index in [1.165, 1.54) is 38.2 Å². The molecule has 0 aromatic heterocycles. The van der Waals surface area contributed by atoms with Gasteiger partial charge in [-0.1, -0.05) is 44.7 Å². The molecule has 1 saturated carbocycles. The predicted octanol–water partition coefficient (Wildman–Crippen LogP) is 4.45. The van der Waals surface area contributed by atoms with Crippen molar-refractivity contribution in [2.45, 2.75) is 63.8 Å². The minimum atomic E-state index is -0.154. The Labute approximate surface area is 116 Å². The van der Waals surface area contributed by atoms with Crippen LogP contribution < -0.4 is 5.73 Å². The van der Waals surface area contributed by atoms with Gasteiger partial charge >= 0.3 is 0 Å². The Morgan fingerprint density at radius 1 is 1.32 bits per heavy atom. The first-order valence-electron chi connectivity index (χ1n) is 7.65. The van der Waals surface area contributed by atoms with Crippen molar-refractivity contribution in [3.63, 3.8) is 0 Å². The summed E-state index contributed by atoms with van der Waals surface area (Å²) >= 11 is 0. The summed E-state index contributed by atoms with van der Waals surface area (Å²) in [5.41, 5.74) is 7.49. The second-order valence-corrected chi connectivity index (χ2v) is 6.25. The molecule has 19 heavy (non-hydrogen) atoms. The van der Waals surface area contributed by atoms with Crippen molar-refractivity contribution in [2.75, 3.05) is 0 Å². The van der Waals surface area contributed by atoms with Crippen LogP contribution in [0.4, 0.5) is 4.39 Å². The molecule has 1 nitrogen and oxygen atoms in total. The third kappa shape index (κ3) is 4.31. The van der Waals surface area contributed by atoms with Crippen molar-refractivity contribution in [3.8, 4) is 0 Å². The maximum atomic E-state index is 13.2. The van der Waals surface area contributed by atoms with Crippen molar-refractivity contribution in [1.29, 1.82) is 0 Å². The fraction of sp³-hybridized carbons (Fsp3) is 0.647. The van der Waals surface area contributed by atoms with Crippen LogP contribution in [0.2, 0.25) is 0 Å². The topological polar surface area (TPSA) is 26.0 Å². The Bertz CT molecular complexity index is 404. The van der Waals surface area contributed by atoms with Gasteiger partial charge in [-0.3, -0.25) is 0 Å². The molecule has 1 aliphatic rings. The summed E-state index contributed by atoms with van der Waals surface area (Å²) in [6, 6.07) is 6.90. The number of rotatable bonds is 4. The maximum Gasteiger partial charge on any atom is 0.123 e. The zero-order chi connectivity index (χ0) is 13.7. The van der Waals surface area contributed by atoms with Crippen molar-refractivity contribution < 1.29 is 4.39 Å². The maximum absolute atomic E-state index is 13.2. The summed E-state index contributed by atoms with van der Waals surface area (Å²) in [5, 5.41) is 0. The summed E-state index contributed by atoms with van der Waals surface area (Å²) in [4.78, 5) is 0. The molecule has 1 fully saturated rings. The quantitative estimate of drug-likeness (QED) is 0.798. The van der Waals surface area contributed by atoms with E-state index in [9.17, 15) is 4.39 Å². The van der Waals surface area contributed by atoms with E-state index in [0.717, 1.165) is 30.7 Å². The number of halogens is 1. The molecule has 1 aromatic carbocycles. The molecule has 0 bridgehead atoms. The highest BCUT2D eigenvalue weighted by molar-refractivity contribution is 5.19. The fourth-order valence-electron chi connectivity index (χ4n) is 3.43. The van der Waals surface area contributed by atoms with Crippen LogP contribution in [0.15, 0.2) is 24.3 Å². The van der Waals surface area contributed by atoms with E-state index in [1.807, 2.05) is 6.07 Å². The largest absolute Gasteiger partial charge is 0.325 e. The van der Waals surface area contributed by atoms with Crippen LogP contribution in [-0.4, -0.2) is 5.54 Å². The van der Waals surface area contributed by atoms with Gasteiger partial charge in [0.05, 0.1) is 0 Å². The van der Waals surface area contributed by atoms with Gasteiger partial charge in [0.25, 0.3) is 0 Å². The van der Waals surface area contributed by atoms with Gasteiger partial charge < -0.3 is 5.73 Å². The molecule has 1 aromatic rings. The minimum Gasteiger partial charge on any atom is -0.325 e. The lowest BCUT2D eigenvalue weighted by molar-refractivity contribution is 0.354. The Hall–Kier alpha value is -0.890. The van der Waals surface area contributed by atoms with Crippen LogP contribution in [0.25, 0.3) is 0 Å². The molecule has 0 heterocycles. The second kappa shape index (κ2) is 6.51. The Kier molecular flexibility index (Phi) is 4.98. The summed E-state index contributed by atoms with van der Waals surface area (Å²) in [5.74, 6) is 0.696. The molecule has 2 rings (SSSR count). The standard InChI is InChI=1S/C17H26FN/c1-2-5-14-7-4-10-17(19,11-9-14)13-15-6-3-8-16(18)12-15/h3,6,8,12,14H,2,4-5,7,9-11,13,19H2,1H3. The monoisotopic (exact) mass is 263 g/mol. The normalized spacial score (nSPS) is 28.1. The molecule has 0 aliphatic heterocycles. The van der Waals surface area contributed by atoms with E-state index in [2.05, 4.69) is 6.92 Å². The van der Waals surface area contributed by atoms with Gasteiger partial charge in [-0.25, -0.2) is 4.39 Å². The molecule has 2 unspecified atom stereocenters. The Morgan fingerprint density at radius 2 is 2.16 bits per heavy atom. The molecular weight excluding hydrogens is 237 g/mol. The highest BCUT2D eigenvalue weighted by Gasteiger charge is 2.29. The van der Waals surface area contributed by atoms with Gasteiger partial charge in [-0.15, -0.1) is 0 Å². The molecule has 1 aliphatic carbocycles. The number of nitrogens with two attached hydrogens (primary N) is 1. The number of hydrogen-bond acceptors (Lipinski definition) is 1. The molecular formula is C17H26FN. The molecule has 2 N–H and O–H groups in total. The molecule has 2 atom stereocenters. The first-order chi connectivity index (χ1) is 9.11. The van der Waals surface area contributed by atoms with Crippen LogP contribution >= 0.6 is 0 Å². The Balaban J connectivity index is 1.98. The predicted molar refractivity (Wildman–Crippen MR) is 78.5 cm³/mol. The van der Waals surface area contributed by atoms with Crippen molar-refractivity contribution in [1.82, 2.24) is 0 Å². The first kappa shape index (κ1) is 14.5. The van der Waals surface area contributed by atoms with Gasteiger partial charge in [0.2, 0.25) is 0 Å². The number of hydrogen-bond donors (Lipinski definition) is 1. The van der Waals surface area contributed by atoms with Crippen molar-refractivity contribution in [2.24, 2.45) is 11.7 Å². The lowest BCUT2D eigenvalue weighted by Gasteiger charge is -2.28. The molecule has 2 heteroatoms. The van der Waals surface area contributed by atoms with E-state index in [0.29, 0.717) is 0 Å². The average molecular weight is 263 g/mol. The lowest BCUT2D eigenvalue weighted by Crippen LogP contribution is -2.41. The molecule has 0 saturated heterocycles. The van der Waals surface area contributed by atoms with E-state index < -0.39 is 0 Å². The van der Waals surface area contributed by atoms with E-state index in [4.69, 9.17) is 5.73 Å². The summed E-state index contributed by atoms with van der Waals surface area (Å²) < 4.78 is 13.2. The average Bonchev–Trinajstić information content (AvgIpc) is 2.53. The summed E-state index contributed by atoms with van der Waals surface area (Å²) in [6.07, 6.45) is 9.33. The third-order valence-electron chi connectivity index (χ3n) is 4.48. The van der Waals surface area contributed by atoms with Gasteiger partial charge in [0.15, 0.2) is 0 Å². The third-order valence-corrected chi connectivity index (χ3v) is 4.48. The van der Waals surface area contributed by atoms with Crippen LogP contribution in [0.3, 0.4) is 0 Å². The molecule has 106 valence electrons. The van der Waals surface area contributed by atoms with Crippen molar-refractivity contribution in [3.05, 3.63) is 35.6 Å².